The third kappa shape index (κ3) is 1.55. The molecule has 0 unspecified atom stereocenters. The van der Waals surface area contributed by atoms with Gasteiger partial charge < -0.3 is 9.80 Å². The van der Waals surface area contributed by atoms with Crippen molar-refractivity contribution in [2.75, 3.05) is 23.4 Å². The van der Waals surface area contributed by atoms with E-state index in [0.717, 1.165) is 24.2 Å². The zero-order valence-corrected chi connectivity index (χ0v) is 9.68. The van der Waals surface area contributed by atoms with Crippen molar-refractivity contribution in [1.82, 2.24) is 0 Å². The summed E-state index contributed by atoms with van der Waals surface area (Å²) < 4.78 is 0. The van der Waals surface area contributed by atoms with Gasteiger partial charge in [-0.05, 0) is 31.0 Å². The minimum absolute atomic E-state index is 0.120. The summed E-state index contributed by atoms with van der Waals surface area (Å²) in [7, 11) is 1.79. The van der Waals surface area contributed by atoms with Gasteiger partial charge in [0.25, 0.3) is 0 Å². The van der Waals surface area contributed by atoms with Gasteiger partial charge in [0.15, 0.2) is 0 Å². The first-order valence-corrected chi connectivity index (χ1v) is 5.78. The number of hydrogen-bond acceptors (Lipinski definition) is 3. The summed E-state index contributed by atoms with van der Waals surface area (Å²) in [5.74, 6) is 0.120. The minimum atomic E-state index is 0.120. The van der Waals surface area contributed by atoms with Crippen LogP contribution in [0.25, 0.3) is 0 Å². The van der Waals surface area contributed by atoms with E-state index in [9.17, 15) is 4.79 Å². The second-order valence-electron chi connectivity index (χ2n) is 4.63. The number of carbonyl (C=O) groups excluding carboxylic acids is 1. The molecule has 1 heterocycles. The summed E-state index contributed by atoms with van der Waals surface area (Å²) in [6.45, 7) is 0.434. The molecule has 2 aliphatic rings. The Labute approximate surface area is 100 Å². The molecule has 0 radical (unpaired) electrons. The van der Waals surface area contributed by atoms with Crippen LogP contribution in [0.2, 0.25) is 0 Å². The van der Waals surface area contributed by atoms with Gasteiger partial charge in [-0.1, -0.05) is 0 Å². The first-order valence-electron chi connectivity index (χ1n) is 5.78. The maximum Gasteiger partial charge on any atom is 0.246 e. The van der Waals surface area contributed by atoms with Gasteiger partial charge >= 0.3 is 0 Å². The molecule has 4 nitrogen and oxygen atoms in total. The number of fused-ring (bicyclic) bond motifs is 1. The van der Waals surface area contributed by atoms with E-state index in [0.29, 0.717) is 18.2 Å². The third-order valence-electron chi connectivity index (χ3n) is 3.44. The number of hydrogen-bond donors (Lipinski definition) is 0. The van der Waals surface area contributed by atoms with Crippen LogP contribution in [0.3, 0.4) is 0 Å². The Balaban J connectivity index is 2.11. The molecular formula is C13H13N3O. The fraction of sp³-hybridized carbons (Fsp3) is 0.385. The van der Waals surface area contributed by atoms with Crippen LogP contribution in [0.15, 0.2) is 18.2 Å². The summed E-state index contributed by atoms with van der Waals surface area (Å²) >= 11 is 0. The van der Waals surface area contributed by atoms with Gasteiger partial charge in [-0.3, -0.25) is 4.79 Å². The number of benzene rings is 1. The number of carbonyl (C=O) groups is 1. The number of rotatable bonds is 1. The smallest absolute Gasteiger partial charge is 0.246 e. The van der Waals surface area contributed by atoms with Crippen molar-refractivity contribution in [3.63, 3.8) is 0 Å². The van der Waals surface area contributed by atoms with Crippen LogP contribution < -0.4 is 9.80 Å². The van der Waals surface area contributed by atoms with Crippen molar-refractivity contribution in [2.24, 2.45) is 0 Å². The second-order valence-corrected chi connectivity index (χ2v) is 4.63. The van der Waals surface area contributed by atoms with Crippen LogP contribution in [0.5, 0.6) is 0 Å². The van der Waals surface area contributed by atoms with Gasteiger partial charge in [-0.25, -0.2) is 0 Å². The summed E-state index contributed by atoms with van der Waals surface area (Å²) in [5.41, 5.74) is 2.58. The van der Waals surface area contributed by atoms with E-state index in [1.54, 1.807) is 18.0 Å². The van der Waals surface area contributed by atoms with E-state index in [4.69, 9.17) is 5.26 Å². The zero-order valence-electron chi connectivity index (χ0n) is 9.68. The van der Waals surface area contributed by atoms with Gasteiger partial charge in [0.2, 0.25) is 5.91 Å². The summed E-state index contributed by atoms with van der Waals surface area (Å²) in [4.78, 5) is 15.7. The van der Waals surface area contributed by atoms with Crippen LogP contribution in [0, 0.1) is 11.3 Å². The zero-order chi connectivity index (χ0) is 12.0. The molecule has 17 heavy (non-hydrogen) atoms. The van der Waals surface area contributed by atoms with Crippen LogP contribution in [-0.2, 0) is 4.79 Å². The molecule has 1 aromatic carbocycles. The van der Waals surface area contributed by atoms with Gasteiger partial charge in [0.05, 0.1) is 29.6 Å². The Kier molecular flexibility index (Phi) is 2.08. The van der Waals surface area contributed by atoms with E-state index < -0.39 is 0 Å². The van der Waals surface area contributed by atoms with E-state index in [1.165, 1.54) is 0 Å². The largest absolute Gasteiger partial charge is 0.357 e. The van der Waals surface area contributed by atoms with Crippen LogP contribution in [0.4, 0.5) is 11.4 Å². The maximum atomic E-state index is 11.9. The monoisotopic (exact) mass is 227 g/mol. The first-order chi connectivity index (χ1) is 8.20. The standard InChI is InChI=1S/C13H13N3O/c1-15-11-5-2-9(7-14)6-12(11)16(8-13(15)17)10-3-4-10/h2,5-6,10H,3-4,8H2,1H3. The molecule has 1 aromatic rings. The first kappa shape index (κ1) is 10.2. The molecule has 0 aromatic heterocycles. The van der Waals surface area contributed by atoms with Crippen LogP contribution in [0.1, 0.15) is 18.4 Å². The number of nitriles is 1. The molecule has 1 saturated carbocycles. The average Bonchev–Trinajstić information content (AvgIpc) is 3.17. The molecule has 0 bridgehead atoms. The highest BCUT2D eigenvalue weighted by Crippen LogP contribution is 2.40. The average molecular weight is 227 g/mol. The fourth-order valence-electron chi connectivity index (χ4n) is 2.29. The molecule has 86 valence electrons. The van der Waals surface area contributed by atoms with Gasteiger partial charge in [0, 0.05) is 13.1 Å². The predicted octanol–water partition coefficient (Wildman–Crippen LogP) is 1.50. The Morgan fingerprint density at radius 2 is 2.12 bits per heavy atom. The molecule has 1 amide bonds. The summed E-state index contributed by atoms with van der Waals surface area (Å²) in [5, 5.41) is 8.95. The minimum Gasteiger partial charge on any atom is -0.357 e. The van der Waals surface area contributed by atoms with Crippen molar-refractivity contribution in [3.8, 4) is 6.07 Å². The topological polar surface area (TPSA) is 47.3 Å². The number of amides is 1. The van der Waals surface area contributed by atoms with Crippen molar-refractivity contribution in [1.29, 1.82) is 5.26 Å². The predicted molar refractivity (Wildman–Crippen MR) is 64.9 cm³/mol. The molecule has 1 aliphatic carbocycles. The number of anilines is 2. The normalized spacial score (nSPS) is 18.9. The molecular weight excluding hydrogens is 214 g/mol. The van der Waals surface area contributed by atoms with Crippen molar-refractivity contribution >= 4 is 17.3 Å². The Morgan fingerprint density at radius 3 is 2.76 bits per heavy atom. The highest BCUT2D eigenvalue weighted by Gasteiger charge is 2.36. The fourth-order valence-corrected chi connectivity index (χ4v) is 2.29. The summed E-state index contributed by atoms with van der Waals surface area (Å²) in [6.07, 6.45) is 2.29. The number of likely N-dealkylation sites (N-methyl/N-ethyl adjacent to an activating group) is 1. The van der Waals surface area contributed by atoms with E-state index >= 15 is 0 Å². The Hall–Kier alpha value is -2.02. The highest BCUT2D eigenvalue weighted by molar-refractivity contribution is 6.03. The molecule has 1 fully saturated rings. The molecule has 0 saturated heterocycles. The lowest BCUT2D eigenvalue weighted by Crippen LogP contribution is -2.44. The van der Waals surface area contributed by atoms with Gasteiger partial charge in [-0.15, -0.1) is 0 Å². The quantitative estimate of drug-likeness (QED) is 0.730. The molecule has 0 spiro atoms. The molecule has 3 rings (SSSR count). The van der Waals surface area contributed by atoms with Crippen molar-refractivity contribution < 1.29 is 4.79 Å². The summed E-state index contributed by atoms with van der Waals surface area (Å²) in [6, 6.07) is 8.15. The van der Waals surface area contributed by atoms with Gasteiger partial charge in [0.1, 0.15) is 0 Å². The maximum absolute atomic E-state index is 11.9. The molecule has 1 aliphatic heterocycles. The third-order valence-corrected chi connectivity index (χ3v) is 3.44. The Bertz CT molecular complexity index is 528. The van der Waals surface area contributed by atoms with Crippen LogP contribution in [-0.4, -0.2) is 25.5 Å². The van der Waals surface area contributed by atoms with Crippen LogP contribution >= 0.6 is 0 Å². The SMILES string of the molecule is CN1C(=O)CN(C2CC2)c2cc(C#N)ccc21. The van der Waals surface area contributed by atoms with E-state index in [1.807, 2.05) is 12.1 Å². The Morgan fingerprint density at radius 1 is 1.35 bits per heavy atom. The van der Waals surface area contributed by atoms with E-state index in [-0.39, 0.29) is 5.91 Å². The molecule has 0 atom stereocenters. The molecule has 0 N–H and O–H groups in total. The highest BCUT2D eigenvalue weighted by atomic mass is 16.2. The number of nitrogens with zero attached hydrogens (tertiary/aromatic N) is 3. The van der Waals surface area contributed by atoms with E-state index in [2.05, 4.69) is 11.0 Å². The van der Waals surface area contributed by atoms with Crippen molar-refractivity contribution in [2.45, 2.75) is 18.9 Å². The lowest BCUT2D eigenvalue weighted by molar-refractivity contribution is -0.117. The lowest BCUT2D eigenvalue weighted by Gasteiger charge is -2.35. The lowest BCUT2D eigenvalue weighted by atomic mass is 10.1. The van der Waals surface area contributed by atoms with Crippen molar-refractivity contribution in [3.05, 3.63) is 23.8 Å². The van der Waals surface area contributed by atoms with Gasteiger partial charge in [-0.2, -0.15) is 5.26 Å². The molecule has 4 heteroatoms. The second kappa shape index (κ2) is 3.49.